The molecule has 6 nitrogen and oxygen atoms in total. The largest absolute Gasteiger partial charge is 0.355 e. The first-order valence-corrected chi connectivity index (χ1v) is 8.50. The lowest BCUT2D eigenvalue weighted by molar-refractivity contribution is -0.861. The summed E-state index contributed by atoms with van der Waals surface area (Å²) in [6.07, 6.45) is 0. The van der Waals surface area contributed by atoms with Crippen LogP contribution in [0.5, 0.6) is 0 Å². The molecule has 0 aliphatic heterocycles. The average molecular weight is 396 g/mol. The number of halogens is 3. The van der Waals surface area contributed by atoms with Crippen LogP contribution in [-0.2, 0) is 4.79 Å². The van der Waals surface area contributed by atoms with Crippen LogP contribution in [0.3, 0.4) is 0 Å². The molecule has 0 saturated carbocycles. The first-order valence-electron chi connectivity index (χ1n) is 8.50. The van der Waals surface area contributed by atoms with E-state index in [0.29, 0.717) is 33.5 Å². The molecular formula is C19H21F3N3O3+. The van der Waals surface area contributed by atoms with Gasteiger partial charge in [-0.3, -0.25) is 14.4 Å². The maximum Gasteiger partial charge on any atom is 0.279 e. The molecule has 0 radical (unpaired) electrons. The van der Waals surface area contributed by atoms with Crippen LogP contribution in [0.1, 0.15) is 39.0 Å². The maximum absolute atomic E-state index is 13.6. The lowest BCUT2D eigenvalue weighted by atomic mass is 10.1. The van der Waals surface area contributed by atoms with E-state index in [4.69, 9.17) is 0 Å². The molecule has 0 aliphatic carbocycles. The zero-order valence-electron chi connectivity index (χ0n) is 15.9. The van der Waals surface area contributed by atoms with E-state index in [9.17, 15) is 27.6 Å². The number of Topliss-reactive ketones (excluding diaryl/α,β-unsaturated/α-hetero) is 2. The number of likely N-dealkylation sites (N-methyl/N-ethyl adjacent to an activating group) is 1. The van der Waals surface area contributed by atoms with Gasteiger partial charge in [-0.15, -0.1) is 0 Å². The van der Waals surface area contributed by atoms with Crippen molar-refractivity contribution in [3.8, 4) is 0 Å². The summed E-state index contributed by atoms with van der Waals surface area (Å²) in [5.41, 5.74) is 1.43. The normalized spacial score (nSPS) is 12.0. The highest BCUT2D eigenvalue weighted by Gasteiger charge is 2.23. The van der Waals surface area contributed by atoms with Crippen LogP contribution in [0.15, 0.2) is 12.1 Å². The fourth-order valence-electron chi connectivity index (χ4n) is 3.07. The molecule has 0 aliphatic rings. The number of ketones is 2. The molecule has 1 heterocycles. The van der Waals surface area contributed by atoms with Crippen LogP contribution >= 0.6 is 0 Å². The van der Waals surface area contributed by atoms with Gasteiger partial charge in [0.05, 0.1) is 18.4 Å². The van der Waals surface area contributed by atoms with Crippen molar-refractivity contribution in [2.24, 2.45) is 0 Å². The monoisotopic (exact) mass is 396 g/mol. The van der Waals surface area contributed by atoms with E-state index in [0.717, 1.165) is 6.07 Å². The van der Waals surface area contributed by atoms with Gasteiger partial charge in [0.15, 0.2) is 29.8 Å². The van der Waals surface area contributed by atoms with Crippen molar-refractivity contribution in [3.05, 3.63) is 52.1 Å². The highest BCUT2D eigenvalue weighted by Crippen LogP contribution is 2.20. The Hall–Kier alpha value is -2.94. The minimum Gasteiger partial charge on any atom is -0.355 e. The van der Waals surface area contributed by atoms with E-state index in [-0.39, 0.29) is 24.7 Å². The van der Waals surface area contributed by atoms with E-state index < -0.39 is 29.0 Å². The summed E-state index contributed by atoms with van der Waals surface area (Å²) in [4.78, 5) is 39.6. The number of aromatic nitrogens is 1. The van der Waals surface area contributed by atoms with Crippen LogP contribution in [-0.4, -0.2) is 42.6 Å². The number of H-pyrrole nitrogens is 1. The van der Waals surface area contributed by atoms with Crippen LogP contribution in [0.25, 0.3) is 0 Å². The molecule has 0 saturated heterocycles. The summed E-state index contributed by atoms with van der Waals surface area (Å²) in [5.74, 6) is -5.63. The predicted molar refractivity (Wildman–Crippen MR) is 96.2 cm³/mol. The second-order valence-corrected chi connectivity index (χ2v) is 6.69. The Bertz CT molecular complexity index is 954. The number of carbonyl (C=O) groups excluding carboxylic acids is 3. The van der Waals surface area contributed by atoms with Gasteiger partial charge in [-0.05, 0) is 38.5 Å². The Labute approximate surface area is 159 Å². The van der Waals surface area contributed by atoms with Crippen LogP contribution in [0.4, 0.5) is 18.9 Å². The van der Waals surface area contributed by atoms with Crippen LogP contribution in [0.2, 0.25) is 0 Å². The molecule has 9 heteroatoms. The Morgan fingerprint density at radius 3 is 2.29 bits per heavy atom. The topological polar surface area (TPSA) is 83.5 Å². The van der Waals surface area contributed by atoms with E-state index in [1.54, 1.807) is 20.9 Å². The summed E-state index contributed by atoms with van der Waals surface area (Å²) in [5, 5.41) is 2.16. The van der Waals surface area contributed by atoms with E-state index >= 15 is 0 Å². The molecule has 1 aromatic heterocycles. The number of nitrogens with one attached hydrogen (secondary N) is 3. The zero-order valence-corrected chi connectivity index (χ0v) is 15.9. The molecule has 0 spiro atoms. The van der Waals surface area contributed by atoms with Crippen molar-refractivity contribution in [2.45, 2.75) is 20.8 Å². The van der Waals surface area contributed by atoms with Crippen LogP contribution in [0, 0.1) is 31.3 Å². The highest BCUT2D eigenvalue weighted by atomic mass is 19.2. The maximum atomic E-state index is 13.6. The molecule has 150 valence electrons. The van der Waals surface area contributed by atoms with Gasteiger partial charge in [0.1, 0.15) is 6.54 Å². The number of rotatable bonds is 7. The second-order valence-electron chi connectivity index (χ2n) is 6.69. The number of hydrogen-bond acceptors (Lipinski definition) is 3. The van der Waals surface area contributed by atoms with Crippen molar-refractivity contribution >= 4 is 23.2 Å². The SMILES string of the molecule is CC(=O)c1c(C)[nH]c(C(=O)C[NH+](C)CC(=O)Nc2ccc(F)c(F)c2F)c1C. The van der Waals surface area contributed by atoms with Crippen molar-refractivity contribution in [3.63, 3.8) is 0 Å². The summed E-state index contributed by atoms with van der Waals surface area (Å²) in [6.45, 7) is 4.51. The van der Waals surface area contributed by atoms with Crippen molar-refractivity contribution < 1.29 is 32.5 Å². The number of anilines is 1. The van der Waals surface area contributed by atoms with Gasteiger partial charge >= 0.3 is 0 Å². The first kappa shape index (κ1) is 21.4. The fourth-order valence-corrected chi connectivity index (χ4v) is 3.07. The number of aryl methyl sites for hydroxylation is 1. The third-order valence-corrected chi connectivity index (χ3v) is 4.30. The number of hydrogen-bond donors (Lipinski definition) is 3. The lowest BCUT2D eigenvalue weighted by Crippen LogP contribution is -3.11. The number of quaternary nitrogens is 1. The number of benzene rings is 1. The number of aromatic amines is 1. The molecule has 2 aromatic rings. The minimum atomic E-state index is -1.67. The Kier molecular flexibility index (Phi) is 6.40. The van der Waals surface area contributed by atoms with E-state index in [1.165, 1.54) is 6.92 Å². The molecule has 1 amide bonds. The van der Waals surface area contributed by atoms with Gasteiger partial charge in [0, 0.05) is 11.3 Å². The molecule has 0 fully saturated rings. The molecule has 1 aromatic carbocycles. The molecule has 1 unspecified atom stereocenters. The smallest absolute Gasteiger partial charge is 0.279 e. The summed E-state index contributed by atoms with van der Waals surface area (Å²) < 4.78 is 39.8. The molecule has 3 N–H and O–H groups in total. The number of amides is 1. The quantitative estimate of drug-likeness (QED) is 0.491. The predicted octanol–water partition coefficient (Wildman–Crippen LogP) is 1.59. The Balaban J connectivity index is 2.02. The van der Waals surface area contributed by atoms with Gasteiger partial charge < -0.3 is 15.2 Å². The minimum absolute atomic E-state index is 0.0637. The third-order valence-electron chi connectivity index (χ3n) is 4.30. The van der Waals surface area contributed by atoms with Gasteiger partial charge in [-0.25, -0.2) is 13.2 Å². The molecule has 28 heavy (non-hydrogen) atoms. The van der Waals surface area contributed by atoms with E-state index in [1.807, 2.05) is 0 Å². The van der Waals surface area contributed by atoms with Crippen molar-refractivity contribution in [1.82, 2.24) is 4.98 Å². The van der Waals surface area contributed by atoms with Gasteiger partial charge in [0.2, 0.25) is 5.78 Å². The zero-order chi connectivity index (χ0) is 21.2. The molecule has 0 bridgehead atoms. The van der Waals surface area contributed by atoms with Gasteiger partial charge in [-0.1, -0.05) is 0 Å². The summed E-state index contributed by atoms with van der Waals surface area (Å²) >= 11 is 0. The number of carbonyl (C=O) groups is 3. The molecular weight excluding hydrogens is 375 g/mol. The Morgan fingerprint density at radius 2 is 1.71 bits per heavy atom. The van der Waals surface area contributed by atoms with E-state index in [2.05, 4.69) is 10.3 Å². The van der Waals surface area contributed by atoms with Crippen molar-refractivity contribution in [2.75, 3.05) is 25.5 Å². The fraction of sp³-hybridized carbons (Fsp3) is 0.316. The summed E-state index contributed by atoms with van der Waals surface area (Å²) in [6, 6.07) is 1.62. The summed E-state index contributed by atoms with van der Waals surface area (Å²) in [7, 11) is 1.58. The Morgan fingerprint density at radius 1 is 1.07 bits per heavy atom. The third kappa shape index (κ3) is 4.48. The van der Waals surface area contributed by atoms with Crippen LogP contribution < -0.4 is 10.2 Å². The highest BCUT2D eigenvalue weighted by molar-refractivity contribution is 6.03. The molecule has 2 rings (SSSR count). The van der Waals surface area contributed by atoms with Gasteiger partial charge in [-0.2, -0.15) is 0 Å². The molecule has 1 atom stereocenters. The van der Waals surface area contributed by atoms with Gasteiger partial charge in [0.25, 0.3) is 5.91 Å². The first-order chi connectivity index (χ1) is 13.0. The van der Waals surface area contributed by atoms with Crippen molar-refractivity contribution in [1.29, 1.82) is 0 Å². The second kappa shape index (κ2) is 8.39. The standard InChI is InChI=1S/C19H20F3N3O3/c1-9-16(11(3)26)10(2)23-19(9)14(27)7-25(4)8-15(28)24-13-6-5-12(20)17(21)18(13)22/h5-6,23H,7-8H2,1-4H3,(H,24,28)/p+1. The lowest BCUT2D eigenvalue weighted by Gasteiger charge is -2.13. The average Bonchev–Trinajstić information content (AvgIpc) is 2.89.